The van der Waals surface area contributed by atoms with Gasteiger partial charge in [-0.25, -0.2) is 0 Å². The Morgan fingerprint density at radius 3 is 1.50 bits per heavy atom. The van der Waals surface area contributed by atoms with Crippen molar-refractivity contribution in [2.75, 3.05) is 0 Å². The number of hydrogen-bond donors (Lipinski definition) is 1. The van der Waals surface area contributed by atoms with Crippen molar-refractivity contribution in [1.82, 2.24) is 0 Å². The highest BCUT2D eigenvalue weighted by molar-refractivity contribution is 5.69. The topological polar surface area (TPSA) is 63.6 Å². The largest absolute Gasteiger partial charge is 0.481 e. The summed E-state index contributed by atoms with van der Waals surface area (Å²) in [4.78, 5) is 23.3. The maximum atomic E-state index is 12.4. The lowest BCUT2D eigenvalue weighted by Crippen LogP contribution is -2.18. The maximum absolute atomic E-state index is 12.4. The van der Waals surface area contributed by atoms with E-state index in [1.165, 1.54) is 70.6 Å². The van der Waals surface area contributed by atoms with Gasteiger partial charge in [0.25, 0.3) is 0 Å². The number of esters is 1. The van der Waals surface area contributed by atoms with E-state index >= 15 is 0 Å². The summed E-state index contributed by atoms with van der Waals surface area (Å²) in [5, 5.41) is 8.97. The molecular weight excluding hydrogens is 520 g/mol. The van der Waals surface area contributed by atoms with Crippen LogP contribution in [0.1, 0.15) is 174 Å². The summed E-state index contributed by atoms with van der Waals surface area (Å²) in [7, 11) is 0. The molecule has 0 saturated heterocycles. The van der Waals surface area contributed by atoms with Crippen molar-refractivity contribution in [3.63, 3.8) is 0 Å². The first-order chi connectivity index (χ1) is 20.6. The molecule has 0 saturated carbocycles. The summed E-state index contributed by atoms with van der Waals surface area (Å²) in [6, 6.07) is 0. The van der Waals surface area contributed by atoms with Crippen LogP contribution in [-0.4, -0.2) is 23.1 Å². The van der Waals surface area contributed by atoms with Crippen LogP contribution in [0.25, 0.3) is 0 Å². The second-order valence-corrected chi connectivity index (χ2v) is 11.7. The van der Waals surface area contributed by atoms with Gasteiger partial charge in [-0.3, -0.25) is 9.59 Å². The van der Waals surface area contributed by atoms with Crippen molar-refractivity contribution in [1.29, 1.82) is 0 Å². The van der Waals surface area contributed by atoms with E-state index in [2.05, 4.69) is 62.5 Å². The molecule has 0 fully saturated rings. The lowest BCUT2D eigenvalue weighted by Gasteiger charge is -2.18. The molecular formula is C38H66O4. The molecule has 0 aromatic heterocycles. The summed E-state index contributed by atoms with van der Waals surface area (Å²) in [6.45, 7) is 4.49. The fourth-order valence-corrected chi connectivity index (χ4v) is 4.94. The minimum absolute atomic E-state index is 0.121. The van der Waals surface area contributed by atoms with Gasteiger partial charge in [0.15, 0.2) is 0 Å². The van der Waals surface area contributed by atoms with Crippen molar-refractivity contribution in [3.8, 4) is 0 Å². The van der Waals surface area contributed by atoms with Crippen molar-refractivity contribution >= 4 is 11.9 Å². The van der Waals surface area contributed by atoms with Crippen molar-refractivity contribution in [2.24, 2.45) is 0 Å². The zero-order chi connectivity index (χ0) is 30.8. The molecule has 0 aromatic rings. The van der Waals surface area contributed by atoms with Gasteiger partial charge in [-0.2, -0.15) is 0 Å². The number of unbranched alkanes of at least 4 members (excludes halogenated alkanes) is 14. The van der Waals surface area contributed by atoms with E-state index in [9.17, 15) is 9.59 Å². The Labute approximate surface area is 260 Å². The van der Waals surface area contributed by atoms with E-state index in [0.717, 1.165) is 64.2 Å². The molecule has 0 aromatic carbocycles. The molecule has 42 heavy (non-hydrogen) atoms. The number of ether oxygens (including phenoxy) is 1. The molecule has 0 aliphatic rings. The molecule has 242 valence electrons. The predicted molar refractivity (Wildman–Crippen MR) is 181 cm³/mol. The average Bonchev–Trinajstić information content (AvgIpc) is 2.97. The third-order valence-electron chi connectivity index (χ3n) is 7.55. The molecule has 4 nitrogen and oxygen atoms in total. The Hall–Kier alpha value is -2.10. The van der Waals surface area contributed by atoms with E-state index in [1.807, 2.05) is 0 Å². The molecule has 0 rings (SSSR count). The van der Waals surface area contributed by atoms with Gasteiger partial charge in [0.2, 0.25) is 0 Å². The monoisotopic (exact) mass is 586 g/mol. The summed E-state index contributed by atoms with van der Waals surface area (Å²) >= 11 is 0. The minimum Gasteiger partial charge on any atom is -0.481 e. The summed E-state index contributed by atoms with van der Waals surface area (Å²) in [5.74, 6) is -0.902. The average molecular weight is 587 g/mol. The lowest BCUT2D eigenvalue weighted by molar-refractivity contribution is -0.150. The third-order valence-corrected chi connectivity index (χ3v) is 7.55. The molecule has 0 amide bonds. The number of carbonyl (C=O) groups excluding carboxylic acids is 1. The van der Waals surface area contributed by atoms with Gasteiger partial charge >= 0.3 is 11.9 Å². The molecule has 1 N–H and O–H groups in total. The second kappa shape index (κ2) is 33.4. The van der Waals surface area contributed by atoms with Crippen molar-refractivity contribution in [2.45, 2.75) is 180 Å². The number of carbonyl (C=O) groups is 2. The lowest BCUT2D eigenvalue weighted by atomic mass is 10.0. The standard InChI is InChI=1S/C38H66O4/c1-3-5-7-9-11-13-14-15-16-17-18-19-20-21-22-24-26-28-30-35-38(41)42-36(33-31-34-37(39)40)32-29-27-25-23-12-10-8-6-4-2/h11,13,15-16,18-19,21-22,36H,3-10,12,14,17,20,23-35H2,1-2H3,(H,39,40)/b13-11-,16-15-,19-18-,22-21-. The zero-order valence-corrected chi connectivity index (χ0v) is 27.5. The Balaban J connectivity index is 3.91. The Morgan fingerprint density at radius 2 is 0.952 bits per heavy atom. The molecule has 1 unspecified atom stereocenters. The summed E-state index contributed by atoms with van der Waals surface area (Å²) < 4.78 is 5.78. The smallest absolute Gasteiger partial charge is 0.306 e. The molecule has 0 bridgehead atoms. The normalized spacial score (nSPS) is 12.8. The minimum atomic E-state index is -0.780. The highest BCUT2D eigenvalue weighted by atomic mass is 16.5. The maximum Gasteiger partial charge on any atom is 0.306 e. The van der Waals surface area contributed by atoms with Gasteiger partial charge in [-0.1, -0.05) is 133 Å². The fourth-order valence-electron chi connectivity index (χ4n) is 4.94. The van der Waals surface area contributed by atoms with E-state index in [0.29, 0.717) is 19.3 Å². The first-order valence-corrected chi connectivity index (χ1v) is 17.6. The van der Waals surface area contributed by atoms with Gasteiger partial charge in [-0.05, 0) is 77.0 Å². The van der Waals surface area contributed by atoms with Gasteiger partial charge in [0, 0.05) is 12.8 Å². The van der Waals surface area contributed by atoms with Gasteiger partial charge in [0.05, 0.1) is 0 Å². The van der Waals surface area contributed by atoms with Crippen LogP contribution in [0, 0.1) is 0 Å². The number of carboxylic acids is 1. The van der Waals surface area contributed by atoms with E-state index < -0.39 is 5.97 Å². The van der Waals surface area contributed by atoms with E-state index in [-0.39, 0.29) is 18.5 Å². The van der Waals surface area contributed by atoms with Crippen LogP contribution in [-0.2, 0) is 14.3 Å². The molecule has 0 aliphatic carbocycles. The molecule has 0 spiro atoms. The fraction of sp³-hybridized carbons (Fsp3) is 0.737. The molecule has 0 aliphatic heterocycles. The second-order valence-electron chi connectivity index (χ2n) is 11.7. The van der Waals surface area contributed by atoms with Crippen LogP contribution >= 0.6 is 0 Å². The number of rotatable bonds is 31. The molecule has 4 heteroatoms. The molecule has 0 heterocycles. The van der Waals surface area contributed by atoms with Crippen LogP contribution in [0.4, 0.5) is 0 Å². The Morgan fingerprint density at radius 1 is 0.524 bits per heavy atom. The van der Waals surface area contributed by atoms with Crippen LogP contribution in [0.3, 0.4) is 0 Å². The highest BCUT2D eigenvalue weighted by Gasteiger charge is 2.15. The number of hydrogen-bond acceptors (Lipinski definition) is 3. The molecule has 0 radical (unpaired) electrons. The Bertz CT molecular complexity index is 719. The number of aliphatic carboxylic acids is 1. The van der Waals surface area contributed by atoms with E-state index in [1.54, 1.807) is 0 Å². The third kappa shape index (κ3) is 32.4. The quantitative estimate of drug-likeness (QED) is 0.0498. The zero-order valence-electron chi connectivity index (χ0n) is 27.5. The molecule has 1 atom stereocenters. The van der Waals surface area contributed by atoms with Gasteiger partial charge in [-0.15, -0.1) is 0 Å². The Kier molecular flexibility index (Phi) is 31.7. The first kappa shape index (κ1) is 39.9. The number of allylic oxidation sites excluding steroid dienone is 8. The van der Waals surface area contributed by atoms with Gasteiger partial charge in [0.1, 0.15) is 6.10 Å². The highest BCUT2D eigenvalue weighted by Crippen LogP contribution is 2.17. The van der Waals surface area contributed by atoms with Crippen molar-refractivity contribution in [3.05, 3.63) is 48.6 Å². The summed E-state index contributed by atoms with van der Waals surface area (Å²) in [5.41, 5.74) is 0. The van der Waals surface area contributed by atoms with Crippen molar-refractivity contribution < 1.29 is 19.4 Å². The van der Waals surface area contributed by atoms with Crippen LogP contribution in [0.2, 0.25) is 0 Å². The van der Waals surface area contributed by atoms with Crippen LogP contribution < -0.4 is 0 Å². The SMILES string of the molecule is CCCCC/C=C\C/C=C\C/C=C\C/C=C\CCCCCC(=O)OC(CCCCCCCCCCC)CCCC(=O)O. The number of carboxylic acid groups (broad SMARTS) is 1. The summed E-state index contributed by atoms with van der Waals surface area (Å²) in [6.07, 6.45) is 44.0. The van der Waals surface area contributed by atoms with Gasteiger partial charge < -0.3 is 9.84 Å². The van der Waals surface area contributed by atoms with E-state index in [4.69, 9.17) is 9.84 Å². The first-order valence-electron chi connectivity index (χ1n) is 17.6. The van der Waals surface area contributed by atoms with Crippen LogP contribution in [0.15, 0.2) is 48.6 Å². The van der Waals surface area contributed by atoms with Crippen LogP contribution in [0.5, 0.6) is 0 Å². The predicted octanol–water partition coefficient (Wildman–Crippen LogP) is 12.0.